The Bertz CT molecular complexity index is 1130. The van der Waals surface area contributed by atoms with Gasteiger partial charge in [0, 0.05) is 18.2 Å². The van der Waals surface area contributed by atoms with Crippen LogP contribution in [-0.4, -0.2) is 30.7 Å². The van der Waals surface area contributed by atoms with Gasteiger partial charge in [0.1, 0.15) is 5.82 Å². The van der Waals surface area contributed by atoms with E-state index in [1.165, 1.54) is 12.1 Å². The summed E-state index contributed by atoms with van der Waals surface area (Å²) in [6, 6.07) is 14.2. The number of anilines is 1. The summed E-state index contributed by atoms with van der Waals surface area (Å²) in [5.74, 6) is 0.116. The van der Waals surface area contributed by atoms with E-state index < -0.39 is 10.0 Å². The van der Waals surface area contributed by atoms with Gasteiger partial charge in [-0.3, -0.25) is 9.52 Å². The minimum Gasteiger partial charge on any atom is -0.352 e. The number of rotatable bonds is 5. The predicted molar refractivity (Wildman–Crippen MR) is 106 cm³/mol. The molecule has 144 valence electrons. The summed E-state index contributed by atoms with van der Waals surface area (Å²) in [5.41, 5.74) is 3.43. The third-order valence-corrected chi connectivity index (χ3v) is 6.08. The highest BCUT2D eigenvalue weighted by Gasteiger charge is 2.22. The predicted octanol–water partition coefficient (Wildman–Crippen LogP) is 2.33. The molecule has 0 saturated carbocycles. The zero-order valence-corrected chi connectivity index (χ0v) is 16.2. The van der Waals surface area contributed by atoms with Crippen molar-refractivity contribution in [1.82, 2.24) is 15.1 Å². The second-order valence-electron chi connectivity index (χ2n) is 6.79. The lowest BCUT2D eigenvalue weighted by molar-refractivity contribution is 0.0945. The standard InChI is InChI=1S/C20H20N4O3S/c1-14-2-4-15(5-3-14)13-24-19(9-11-22-24)23-28(26,27)17-7-6-16-8-10-21-20(25)18(16)12-17/h2-7,9,11-12,23H,8,10,13H2,1H3,(H,21,25). The largest absolute Gasteiger partial charge is 0.352 e. The number of nitrogens with one attached hydrogen (secondary N) is 2. The lowest BCUT2D eigenvalue weighted by atomic mass is 10.0. The van der Waals surface area contributed by atoms with Gasteiger partial charge in [0.25, 0.3) is 15.9 Å². The van der Waals surface area contributed by atoms with Gasteiger partial charge in [-0.05, 0) is 36.6 Å². The number of amides is 1. The average molecular weight is 396 g/mol. The summed E-state index contributed by atoms with van der Waals surface area (Å²) >= 11 is 0. The molecule has 7 nitrogen and oxygen atoms in total. The third-order valence-electron chi connectivity index (χ3n) is 4.72. The second-order valence-corrected chi connectivity index (χ2v) is 8.47. The van der Waals surface area contributed by atoms with E-state index in [1.807, 2.05) is 31.2 Å². The van der Waals surface area contributed by atoms with E-state index in [1.54, 1.807) is 23.0 Å². The van der Waals surface area contributed by atoms with Gasteiger partial charge in [-0.25, -0.2) is 13.1 Å². The van der Waals surface area contributed by atoms with E-state index in [0.29, 0.717) is 30.9 Å². The van der Waals surface area contributed by atoms with Gasteiger partial charge < -0.3 is 5.32 Å². The van der Waals surface area contributed by atoms with Crippen molar-refractivity contribution in [3.63, 3.8) is 0 Å². The number of fused-ring (bicyclic) bond motifs is 1. The van der Waals surface area contributed by atoms with Gasteiger partial charge in [-0.1, -0.05) is 35.9 Å². The Morgan fingerprint density at radius 2 is 1.93 bits per heavy atom. The Hall–Kier alpha value is -3.13. The molecule has 1 aliphatic heterocycles. The van der Waals surface area contributed by atoms with Crippen molar-refractivity contribution >= 4 is 21.7 Å². The topological polar surface area (TPSA) is 93.1 Å². The fraction of sp³-hybridized carbons (Fsp3) is 0.200. The Kier molecular flexibility index (Phi) is 4.64. The van der Waals surface area contributed by atoms with E-state index in [0.717, 1.165) is 16.7 Å². The quantitative estimate of drug-likeness (QED) is 0.692. The molecule has 1 aromatic heterocycles. The van der Waals surface area contributed by atoms with Crippen LogP contribution in [0.2, 0.25) is 0 Å². The van der Waals surface area contributed by atoms with Crippen LogP contribution in [0, 0.1) is 6.92 Å². The summed E-state index contributed by atoms with van der Waals surface area (Å²) in [6.45, 7) is 3.02. The molecule has 2 aromatic carbocycles. The molecule has 0 unspecified atom stereocenters. The summed E-state index contributed by atoms with van der Waals surface area (Å²) < 4.78 is 29.9. The first-order chi connectivity index (χ1) is 13.4. The first-order valence-electron chi connectivity index (χ1n) is 8.94. The zero-order valence-electron chi connectivity index (χ0n) is 15.3. The van der Waals surface area contributed by atoms with Crippen LogP contribution in [0.25, 0.3) is 0 Å². The number of hydrogen-bond donors (Lipinski definition) is 2. The van der Waals surface area contributed by atoms with E-state index >= 15 is 0 Å². The van der Waals surface area contributed by atoms with Gasteiger partial charge in [-0.15, -0.1) is 0 Å². The van der Waals surface area contributed by atoms with Gasteiger partial charge >= 0.3 is 0 Å². The number of sulfonamides is 1. The number of carbonyl (C=O) groups is 1. The molecule has 1 amide bonds. The van der Waals surface area contributed by atoms with Crippen LogP contribution in [0.15, 0.2) is 59.6 Å². The maximum absolute atomic E-state index is 12.9. The lowest BCUT2D eigenvalue weighted by Crippen LogP contribution is -2.32. The van der Waals surface area contributed by atoms with Crippen molar-refractivity contribution in [3.8, 4) is 0 Å². The first kappa shape index (κ1) is 18.2. The van der Waals surface area contributed by atoms with E-state index in [2.05, 4.69) is 15.1 Å². The molecule has 2 heterocycles. The molecule has 4 rings (SSSR count). The Morgan fingerprint density at radius 3 is 2.71 bits per heavy atom. The number of hydrogen-bond acceptors (Lipinski definition) is 4. The molecule has 0 aliphatic carbocycles. The molecule has 0 atom stereocenters. The monoisotopic (exact) mass is 396 g/mol. The number of aromatic nitrogens is 2. The fourth-order valence-corrected chi connectivity index (χ4v) is 4.25. The van der Waals surface area contributed by atoms with Crippen molar-refractivity contribution in [2.75, 3.05) is 11.3 Å². The Balaban J connectivity index is 1.59. The molecule has 1 aliphatic rings. The van der Waals surface area contributed by atoms with E-state index in [-0.39, 0.29) is 10.8 Å². The van der Waals surface area contributed by atoms with Gasteiger partial charge in [0.2, 0.25) is 0 Å². The summed E-state index contributed by atoms with van der Waals surface area (Å²) in [7, 11) is -3.85. The zero-order chi connectivity index (χ0) is 19.7. The summed E-state index contributed by atoms with van der Waals surface area (Å²) in [5, 5.41) is 6.95. The number of carbonyl (C=O) groups excluding carboxylic acids is 1. The number of aryl methyl sites for hydroxylation is 1. The Labute approximate surface area is 163 Å². The molecule has 0 radical (unpaired) electrons. The molecule has 0 saturated heterocycles. The summed E-state index contributed by atoms with van der Waals surface area (Å²) in [6.07, 6.45) is 2.24. The molecule has 8 heteroatoms. The van der Waals surface area contributed by atoms with Gasteiger partial charge in [0.05, 0.1) is 17.6 Å². The van der Waals surface area contributed by atoms with Crippen LogP contribution < -0.4 is 10.0 Å². The third kappa shape index (κ3) is 3.63. The van der Waals surface area contributed by atoms with E-state index in [4.69, 9.17) is 0 Å². The van der Waals surface area contributed by atoms with Gasteiger partial charge in [-0.2, -0.15) is 5.10 Å². The highest BCUT2D eigenvalue weighted by Crippen LogP contribution is 2.22. The maximum atomic E-state index is 12.9. The SMILES string of the molecule is Cc1ccc(Cn2nccc2NS(=O)(=O)c2ccc3c(c2)C(=O)NCC3)cc1. The molecule has 28 heavy (non-hydrogen) atoms. The van der Waals surface area contributed by atoms with Crippen LogP contribution in [-0.2, 0) is 23.0 Å². The maximum Gasteiger partial charge on any atom is 0.263 e. The lowest BCUT2D eigenvalue weighted by Gasteiger charge is -2.17. The minimum absolute atomic E-state index is 0.0476. The number of benzene rings is 2. The van der Waals surface area contributed by atoms with Crippen LogP contribution in [0.1, 0.15) is 27.0 Å². The van der Waals surface area contributed by atoms with Crippen LogP contribution in [0.4, 0.5) is 5.82 Å². The molecular weight excluding hydrogens is 376 g/mol. The highest BCUT2D eigenvalue weighted by molar-refractivity contribution is 7.92. The highest BCUT2D eigenvalue weighted by atomic mass is 32.2. The molecular formula is C20H20N4O3S. The average Bonchev–Trinajstić information content (AvgIpc) is 3.09. The molecule has 3 aromatic rings. The van der Waals surface area contributed by atoms with Crippen LogP contribution in [0.5, 0.6) is 0 Å². The van der Waals surface area contributed by atoms with Crippen molar-refractivity contribution < 1.29 is 13.2 Å². The Morgan fingerprint density at radius 1 is 1.14 bits per heavy atom. The smallest absolute Gasteiger partial charge is 0.263 e. The van der Waals surface area contributed by atoms with Crippen LogP contribution >= 0.6 is 0 Å². The first-order valence-corrected chi connectivity index (χ1v) is 10.4. The summed E-state index contributed by atoms with van der Waals surface area (Å²) in [4.78, 5) is 12.1. The minimum atomic E-state index is -3.85. The molecule has 0 bridgehead atoms. The second kappa shape index (κ2) is 7.12. The van der Waals surface area contributed by atoms with Crippen molar-refractivity contribution in [1.29, 1.82) is 0 Å². The molecule has 2 N–H and O–H groups in total. The van der Waals surface area contributed by atoms with Gasteiger partial charge in [0.15, 0.2) is 0 Å². The van der Waals surface area contributed by atoms with E-state index in [9.17, 15) is 13.2 Å². The van der Waals surface area contributed by atoms with Crippen LogP contribution in [0.3, 0.4) is 0 Å². The number of nitrogens with zero attached hydrogens (tertiary/aromatic N) is 2. The molecule has 0 fully saturated rings. The van der Waals surface area contributed by atoms with Crippen molar-refractivity contribution in [3.05, 3.63) is 77.0 Å². The van der Waals surface area contributed by atoms with Crippen molar-refractivity contribution in [2.24, 2.45) is 0 Å². The molecule has 0 spiro atoms. The fourth-order valence-electron chi connectivity index (χ4n) is 3.17. The normalized spacial score (nSPS) is 13.7. The van der Waals surface area contributed by atoms with Crippen molar-refractivity contribution in [2.45, 2.75) is 24.8 Å².